The van der Waals surface area contributed by atoms with Gasteiger partial charge in [-0.3, -0.25) is 4.79 Å². The zero-order chi connectivity index (χ0) is 15.1. The topological polar surface area (TPSA) is 48.0 Å². The Morgan fingerprint density at radius 2 is 1.90 bits per heavy atom. The molecule has 2 rings (SSSR count). The van der Waals surface area contributed by atoms with E-state index in [2.05, 4.69) is 0 Å². The van der Waals surface area contributed by atoms with E-state index in [-0.39, 0.29) is 5.43 Å². The molecule has 0 amide bonds. The van der Waals surface area contributed by atoms with Gasteiger partial charge in [0.05, 0.1) is 0 Å². The van der Waals surface area contributed by atoms with Crippen molar-refractivity contribution in [2.45, 2.75) is 33.2 Å². The highest BCUT2D eigenvalue weighted by molar-refractivity contribution is 6.31. The van der Waals surface area contributed by atoms with Gasteiger partial charge < -0.3 is 10.3 Å². The Balaban J connectivity index is 2.75. The fourth-order valence-electron chi connectivity index (χ4n) is 2.23. The van der Waals surface area contributed by atoms with Gasteiger partial charge in [-0.2, -0.15) is 0 Å². The Hall–Kier alpha value is -1.58. The number of halogens is 1. The lowest BCUT2D eigenvalue weighted by Crippen LogP contribution is -2.35. The van der Waals surface area contributed by atoms with Crippen molar-refractivity contribution in [2.75, 3.05) is 0 Å². The Labute approximate surface area is 124 Å². The molecule has 0 saturated carbocycles. The van der Waals surface area contributed by atoms with Gasteiger partial charge in [0.25, 0.3) is 0 Å². The number of aryl methyl sites for hydroxylation is 1. The van der Waals surface area contributed by atoms with Gasteiger partial charge in [-0.05, 0) is 45.4 Å². The minimum atomic E-state index is -0.682. The number of nitrogens with zero attached hydrogens (tertiary/aromatic N) is 1. The summed E-state index contributed by atoms with van der Waals surface area (Å²) in [6.45, 7) is 7.51. The van der Waals surface area contributed by atoms with Gasteiger partial charge in [0, 0.05) is 39.8 Å². The predicted molar refractivity (Wildman–Crippen MR) is 83.7 cm³/mol. The average Bonchev–Trinajstić information content (AvgIpc) is 2.32. The molecule has 1 aromatic carbocycles. The van der Waals surface area contributed by atoms with Gasteiger partial charge >= 0.3 is 0 Å². The highest BCUT2D eigenvalue weighted by Crippen LogP contribution is 2.24. The molecule has 4 heteroatoms. The van der Waals surface area contributed by atoms with E-state index in [4.69, 9.17) is 17.3 Å². The maximum absolute atomic E-state index is 12.1. The lowest BCUT2D eigenvalue weighted by molar-refractivity contribution is 0.544. The first-order valence-electron chi connectivity index (χ1n) is 6.50. The first-order valence-corrected chi connectivity index (χ1v) is 6.88. The minimum Gasteiger partial charge on any atom is -0.322 e. The van der Waals surface area contributed by atoms with Crippen LogP contribution < -0.4 is 11.2 Å². The molecule has 0 aliphatic heterocycles. The van der Waals surface area contributed by atoms with E-state index in [9.17, 15) is 4.79 Å². The molecule has 0 fully saturated rings. The van der Waals surface area contributed by atoms with Crippen molar-refractivity contribution in [3.63, 3.8) is 0 Å². The number of rotatable bonds is 2. The van der Waals surface area contributed by atoms with Crippen LogP contribution in [0.5, 0.6) is 0 Å². The maximum Gasteiger partial charge on any atom is 0.186 e. The van der Waals surface area contributed by atoms with E-state index < -0.39 is 5.54 Å². The normalized spacial score (nSPS) is 11.7. The van der Waals surface area contributed by atoms with Gasteiger partial charge in [0.2, 0.25) is 0 Å². The molecule has 0 unspecified atom stereocenters. The highest BCUT2D eigenvalue weighted by Gasteiger charge is 2.19. The quantitative estimate of drug-likeness (QED) is 0.922. The largest absolute Gasteiger partial charge is 0.322 e. The number of hydrogen-bond acceptors (Lipinski definition) is 2. The van der Waals surface area contributed by atoms with Crippen molar-refractivity contribution in [2.24, 2.45) is 5.73 Å². The second-order valence-corrected chi connectivity index (χ2v) is 6.08. The van der Waals surface area contributed by atoms with Crippen molar-refractivity contribution in [3.8, 4) is 5.69 Å². The standard InChI is InChI=1S/C16H19ClN2O/c1-10-8-15(20)12(16(3,4)18)9-19(10)14-7-5-6-13(17)11(14)2/h5-9H,18H2,1-4H3. The fourth-order valence-corrected chi connectivity index (χ4v) is 2.40. The van der Waals surface area contributed by atoms with Gasteiger partial charge in [0.15, 0.2) is 5.43 Å². The maximum atomic E-state index is 12.1. The van der Waals surface area contributed by atoms with E-state index in [0.717, 1.165) is 16.9 Å². The Morgan fingerprint density at radius 1 is 1.25 bits per heavy atom. The minimum absolute atomic E-state index is 0.0362. The molecule has 2 N–H and O–H groups in total. The van der Waals surface area contributed by atoms with Crippen LogP contribution in [0.15, 0.2) is 35.3 Å². The molecule has 20 heavy (non-hydrogen) atoms. The van der Waals surface area contributed by atoms with Gasteiger partial charge in [0.1, 0.15) is 0 Å². The van der Waals surface area contributed by atoms with Gasteiger partial charge in [-0.25, -0.2) is 0 Å². The molecule has 0 spiro atoms. The second kappa shape index (κ2) is 5.08. The van der Waals surface area contributed by atoms with Crippen molar-refractivity contribution in [1.82, 2.24) is 4.57 Å². The van der Waals surface area contributed by atoms with Crippen LogP contribution >= 0.6 is 11.6 Å². The monoisotopic (exact) mass is 290 g/mol. The summed E-state index contributed by atoms with van der Waals surface area (Å²) >= 11 is 6.18. The summed E-state index contributed by atoms with van der Waals surface area (Å²) in [5.74, 6) is 0. The Kier molecular flexibility index (Phi) is 3.76. The summed E-state index contributed by atoms with van der Waals surface area (Å²) in [7, 11) is 0. The summed E-state index contributed by atoms with van der Waals surface area (Å²) in [5, 5.41) is 0.703. The number of benzene rings is 1. The lowest BCUT2D eigenvalue weighted by atomic mass is 9.96. The van der Waals surface area contributed by atoms with Crippen LogP contribution in [-0.2, 0) is 5.54 Å². The van der Waals surface area contributed by atoms with Crippen molar-refractivity contribution < 1.29 is 0 Å². The highest BCUT2D eigenvalue weighted by atomic mass is 35.5. The van der Waals surface area contributed by atoms with E-state index in [0.29, 0.717) is 10.6 Å². The zero-order valence-corrected chi connectivity index (χ0v) is 13.0. The van der Waals surface area contributed by atoms with Crippen molar-refractivity contribution in [1.29, 1.82) is 0 Å². The average molecular weight is 291 g/mol. The van der Waals surface area contributed by atoms with Crippen LogP contribution in [0, 0.1) is 13.8 Å². The summed E-state index contributed by atoms with van der Waals surface area (Å²) in [4.78, 5) is 12.1. The van der Waals surface area contributed by atoms with E-state index >= 15 is 0 Å². The van der Waals surface area contributed by atoms with E-state index in [1.54, 1.807) is 6.07 Å². The lowest BCUT2D eigenvalue weighted by Gasteiger charge is -2.22. The van der Waals surface area contributed by atoms with Crippen LogP contribution in [0.2, 0.25) is 5.02 Å². The number of pyridine rings is 1. The fraction of sp³-hybridized carbons (Fsp3) is 0.312. The van der Waals surface area contributed by atoms with E-state index in [1.807, 2.05) is 56.7 Å². The van der Waals surface area contributed by atoms with E-state index in [1.165, 1.54) is 0 Å². The first-order chi connectivity index (χ1) is 9.21. The molecular formula is C16H19ClN2O. The van der Waals surface area contributed by atoms with Crippen LogP contribution in [0.4, 0.5) is 0 Å². The molecule has 0 aliphatic carbocycles. The third-order valence-electron chi connectivity index (χ3n) is 3.44. The second-order valence-electron chi connectivity index (χ2n) is 5.67. The van der Waals surface area contributed by atoms with Crippen LogP contribution in [0.25, 0.3) is 5.69 Å². The predicted octanol–water partition coefficient (Wildman–Crippen LogP) is 3.30. The zero-order valence-electron chi connectivity index (χ0n) is 12.2. The molecular weight excluding hydrogens is 272 g/mol. The summed E-state index contributed by atoms with van der Waals surface area (Å²) in [6, 6.07) is 7.35. The molecule has 106 valence electrons. The summed E-state index contributed by atoms with van der Waals surface area (Å²) in [5.41, 5.74) is 8.74. The van der Waals surface area contributed by atoms with Crippen LogP contribution in [-0.4, -0.2) is 4.57 Å². The third kappa shape index (κ3) is 2.65. The molecule has 0 aliphatic rings. The molecule has 1 heterocycles. The number of nitrogens with two attached hydrogens (primary N) is 1. The van der Waals surface area contributed by atoms with Crippen LogP contribution in [0.3, 0.4) is 0 Å². The molecule has 0 radical (unpaired) electrons. The third-order valence-corrected chi connectivity index (χ3v) is 3.85. The van der Waals surface area contributed by atoms with Gasteiger partial charge in [-0.1, -0.05) is 17.7 Å². The molecule has 0 saturated heterocycles. The molecule has 0 bridgehead atoms. The smallest absolute Gasteiger partial charge is 0.186 e. The SMILES string of the molecule is Cc1c(Cl)cccc1-n1cc(C(C)(C)N)c(=O)cc1C. The number of hydrogen-bond donors (Lipinski definition) is 1. The molecule has 1 aromatic heterocycles. The molecule has 3 nitrogen and oxygen atoms in total. The van der Waals surface area contributed by atoms with Crippen molar-refractivity contribution >= 4 is 11.6 Å². The molecule has 0 atom stereocenters. The number of aromatic nitrogens is 1. The Bertz CT molecular complexity index is 711. The van der Waals surface area contributed by atoms with Gasteiger partial charge in [-0.15, -0.1) is 0 Å². The summed E-state index contributed by atoms with van der Waals surface area (Å²) in [6.07, 6.45) is 1.82. The molecule has 2 aromatic rings. The summed E-state index contributed by atoms with van der Waals surface area (Å²) < 4.78 is 1.96. The van der Waals surface area contributed by atoms with Crippen molar-refractivity contribution in [3.05, 3.63) is 62.5 Å². The first kappa shape index (κ1) is 14.8. The van der Waals surface area contributed by atoms with Crippen LogP contribution in [0.1, 0.15) is 30.7 Å². The Morgan fingerprint density at radius 3 is 2.50 bits per heavy atom.